The van der Waals surface area contributed by atoms with Crippen molar-refractivity contribution < 1.29 is 18.0 Å². The Balaban J connectivity index is 1.14. The van der Waals surface area contributed by atoms with E-state index in [9.17, 15) is 18.0 Å². The summed E-state index contributed by atoms with van der Waals surface area (Å²) < 4.78 is 28.2. The monoisotopic (exact) mass is 618 g/mol. The van der Waals surface area contributed by atoms with Crippen molar-refractivity contribution in [3.05, 3.63) is 113 Å². The highest BCUT2D eigenvalue weighted by Crippen LogP contribution is 2.34. The smallest absolute Gasteiger partial charge is 0.261 e. The molecule has 2 N–H and O–H groups in total. The molecular weight excluding hydrogens is 588 g/mol. The number of likely N-dealkylation sites (N-methyl/N-ethyl adjacent to an activating group) is 1. The van der Waals surface area contributed by atoms with Crippen LogP contribution in [0.1, 0.15) is 33.0 Å². The van der Waals surface area contributed by atoms with Gasteiger partial charge in [-0.3, -0.25) is 19.3 Å². The van der Waals surface area contributed by atoms with Gasteiger partial charge in [-0.05, 0) is 79.3 Å². The number of aliphatic imine (C=N–C) groups is 1. The van der Waals surface area contributed by atoms with Gasteiger partial charge in [0.25, 0.3) is 10.0 Å². The normalized spacial score (nSPS) is 16.7. The van der Waals surface area contributed by atoms with Crippen LogP contribution in [0.15, 0.2) is 101 Å². The quantitative estimate of drug-likeness (QED) is 0.214. The highest BCUT2D eigenvalue weighted by Gasteiger charge is 2.30. The third-order valence-corrected chi connectivity index (χ3v) is 9.35. The third-order valence-electron chi connectivity index (χ3n) is 7.95. The van der Waals surface area contributed by atoms with E-state index in [2.05, 4.69) is 31.9 Å². The molecular formula is C34H30N6O4S. The summed E-state index contributed by atoms with van der Waals surface area (Å²) in [5.74, 6) is -1.16. The predicted molar refractivity (Wildman–Crippen MR) is 174 cm³/mol. The van der Waals surface area contributed by atoms with E-state index in [1.165, 1.54) is 30.3 Å². The summed E-state index contributed by atoms with van der Waals surface area (Å²) in [7, 11) is -1.81. The van der Waals surface area contributed by atoms with Gasteiger partial charge in [-0.15, -0.1) is 0 Å². The van der Waals surface area contributed by atoms with Crippen LogP contribution in [0.4, 0.5) is 22.7 Å². The van der Waals surface area contributed by atoms with E-state index in [1.807, 2.05) is 30.3 Å². The zero-order valence-corrected chi connectivity index (χ0v) is 25.3. The second-order valence-corrected chi connectivity index (χ2v) is 12.7. The molecule has 0 bridgehead atoms. The van der Waals surface area contributed by atoms with Gasteiger partial charge in [-0.25, -0.2) is 8.42 Å². The lowest BCUT2D eigenvalue weighted by Gasteiger charge is -2.34. The molecule has 1 atom stereocenters. The van der Waals surface area contributed by atoms with E-state index in [-0.39, 0.29) is 27.8 Å². The molecule has 6 rings (SSSR count). The van der Waals surface area contributed by atoms with Crippen LogP contribution >= 0.6 is 0 Å². The number of nitrogens with one attached hydrogen (secondary N) is 2. The second-order valence-electron chi connectivity index (χ2n) is 11.0. The molecule has 0 aromatic heterocycles. The predicted octanol–water partition coefficient (Wildman–Crippen LogP) is 4.78. The Kier molecular flexibility index (Phi) is 8.17. The number of rotatable bonds is 8. The molecule has 10 nitrogen and oxygen atoms in total. The first-order valence-corrected chi connectivity index (χ1v) is 15.9. The van der Waals surface area contributed by atoms with Crippen LogP contribution in [0.3, 0.4) is 0 Å². The number of piperazine rings is 1. The molecule has 226 valence electrons. The van der Waals surface area contributed by atoms with Crippen molar-refractivity contribution in [1.29, 1.82) is 5.26 Å². The molecule has 4 aromatic carbocycles. The number of hydrogen-bond acceptors (Lipinski definition) is 8. The Hall–Kier alpha value is -5.31. The maximum atomic E-state index is 13.4. The summed E-state index contributed by atoms with van der Waals surface area (Å²) in [6.07, 6.45) is 1.62. The number of anilines is 3. The van der Waals surface area contributed by atoms with E-state index in [0.29, 0.717) is 16.8 Å². The first kappa shape index (κ1) is 29.7. The van der Waals surface area contributed by atoms with Crippen molar-refractivity contribution in [2.45, 2.75) is 10.8 Å². The molecule has 1 amide bonds. The van der Waals surface area contributed by atoms with Crippen molar-refractivity contribution in [3.63, 3.8) is 0 Å². The topological polar surface area (TPSA) is 135 Å². The van der Waals surface area contributed by atoms with Gasteiger partial charge in [-0.2, -0.15) is 5.26 Å². The SMILES string of the molecule is CN1CCN(c2ccc(N=CC3C(=O)Nc4cc(C(=O)c5cccc(NS(=O)(=O)c6ccc(C#N)cc6)c5)ccc43)cc2)CC1. The van der Waals surface area contributed by atoms with Crippen LogP contribution in [-0.4, -0.2) is 64.4 Å². The molecule has 2 aliphatic rings. The van der Waals surface area contributed by atoms with E-state index < -0.39 is 15.9 Å². The second kappa shape index (κ2) is 12.4. The summed E-state index contributed by atoms with van der Waals surface area (Å²) in [5.41, 5.74) is 4.33. The number of carbonyl (C=O) groups is 2. The number of nitrogens with zero attached hydrogens (tertiary/aromatic N) is 4. The Morgan fingerprint density at radius 2 is 1.67 bits per heavy atom. The number of ketones is 1. The number of benzene rings is 4. The minimum atomic E-state index is -3.93. The lowest BCUT2D eigenvalue weighted by atomic mass is 9.97. The van der Waals surface area contributed by atoms with Gasteiger partial charge in [0.05, 0.1) is 22.2 Å². The largest absolute Gasteiger partial charge is 0.369 e. The zero-order valence-electron chi connectivity index (χ0n) is 24.5. The average Bonchev–Trinajstić information content (AvgIpc) is 3.37. The molecule has 1 unspecified atom stereocenters. The molecule has 0 spiro atoms. The molecule has 0 saturated carbocycles. The van der Waals surface area contributed by atoms with Gasteiger partial charge in [0.2, 0.25) is 5.91 Å². The van der Waals surface area contributed by atoms with Crippen LogP contribution in [0, 0.1) is 11.3 Å². The fourth-order valence-electron chi connectivity index (χ4n) is 5.36. The Labute approximate surface area is 261 Å². The molecule has 0 radical (unpaired) electrons. The standard InChI is InChI=1S/C34H30N6O4S/c1-39-15-17-40(18-16-39)28-10-8-26(9-11-28)36-22-31-30-14-7-25(20-32(30)37-34(31)42)33(41)24-3-2-4-27(19-24)38-45(43,44)29-12-5-23(21-35)6-13-29/h2-14,19-20,22,31,38H,15-18H2,1H3,(H,37,42). The average molecular weight is 619 g/mol. The van der Waals surface area contributed by atoms with Gasteiger partial charge in [0, 0.05) is 60.6 Å². The maximum absolute atomic E-state index is 13.4. The number of hydrogen-bond donors (Lipinski definition) is 2. The van der Waals surface area contributed by atoms with Crippen molar-refractivity contribution in [1.82, 2.24) is 4.90 Å². The van der Waals surface area contributed by atoms with Gasteiger partial charge >= 0.3 is 0 Å². The maximum Gasteiger partial charge on any atom is 0.261 e. The van der Waals surface area contributed by atoms with E-state index in [1.54, 1.807) is 42.6 Å². The zero-order chi connectivity index (χ0) is 31.6. The number of nitriles is 1. The number of sulfonamides is 1. The Bertz CT molecular complexity index is 1940. The van der Waals surface area contributed by atoms with Crippen LogP contribution in [0.2, 0.25) is 0 Å². The van der Waals surface area contributed by atoms with Crippen molar-refractivity contribution in [2.24, 2.45) is 4.99 Å². The summed E-state index contributed by atoms with van der Waals surface area (Å²) >= 11 is 0. The van der Waals surface area contributed by atoms with Gasteiger partial charge in [0.1, 0.15) is 5.92 Å². The molecule has 4 aromatic rings. The minimum absolute atomic E-state index is 0.00615. The lowest BCUT2D eigenvalue weighted by Crippen LogP contribution is -2.44. The molecule has 0 aliphatic carbocycles. The number of carbonyl (C=O) groups excluding carboxylic acids is 2. The number of fused-ring (bicyclic) bond motifs is 1. The van der Waals surface area contributed by atoms with E-state index >= 15 is 0 Å². The minimum Gasteiger partial charge on any atom is -0.369 e. The first-order valence-electron chi connectivity index (χ1n) is 14.4. The number of amides is 1. The van der Waals surface area contributed by atoms with Crippen LogP contribution < -0.4 is 14.9 Å². The molecule has 2 heterocycles. The Morgan fingerprint density at radius 3 is 2.38 bits per heavy atom. The highest BCUT2D eigenvalue weighted by atomic mass is 32.2. The van der Waals surface area contributed by atoms with Crippen molar-refractivity contribution in [2.75, 3.05) is 48.2 Å². The van der Waals surface area contributed by atoms with Crippen LogP contribution in [0.25, 0.3) is 0 Å². The van der Waals surface area contributed by atoms with Crippen LogP contribution in [0.5, 0.6) is 0 Å². The molecule has 11 heteroatoms. The summed E-state index contributed by atoms with van der Waals surface area (Å²) in [5, 5.41) is 11.8. The first-order chi connectivity index (χ1) is 21.7. The highest BCUT2D eigenvalue weighted by molar-refractivity contribution is 7.92. The van der Waals surface area contributed by atoms with Crippen LogP contribution in [-0.2, 0) is 14.8 Å². The van der Waals surface area contributed by atoms with E-state index in [0.717, 1.165) is 43.1 Å². The molecule has 45 heavy (non-hydrogen) atoms. The fourth-order valence-corrected chi connectivity index (χ4v) is 6.41. The van der Waals surface area contributed by atoms with Crippen molar-refractivity contribution in [3.8, 4) is 6.07 Å². The third kappa shape index (κ3) is 6.47. The van der Waals surface area contributed by atoms with Gasteiger partial charge in [-0.1, -0.05) is 24.3 Å². The van der Waals surface area contributed by atoms with E-state index in [4.69, 9.17) is 5.26 Å². The Morgan fingerprint density at radius 1 is 0.956 bits per heavy atom. The lowest BCUT2D eigenvalue weighted by molar-refractivity contribution is -0.115. The molecule has 2 aliphatic heterocycles. The molecule has 1 saturated heterocycles. The summed E-state index contributed by atoms with van der Waals surface area (Å²) in [4.78, 5) is 35.4. The summed E-state index contributed by atoms with van der Waals surface area (Å²) in [6, 6.07) is 26.7. The van der Waals surface area contributed by atoms with Gasteiger partial charge < -0.3 is 15.1 Å². The van der Waals surface area contributed by atoms with Crippen molar-refractivity contribution >= 4 is 50.7 Å². The molecule has 1 fully saturated rings. The van der Waals surface area contributed by atoms with Gasteiger partial charge in [0.15, 0.2) is 5.78 Å². The fraction of sp³-hybridized carbons (Fsp3) is 0.176. The summed E-state index contributed by atoms with van der Waals surface area (Å²) in [6.45, 7) is 4.01.